The molecule has 0 saturated carbocycles. The summed E-state index contributed by atoms with van der Waals surface area (Å²) in [7, 11) is 2.96. The number of carbonyl (C=O) groups is 2. The average Bonchev–Trinajstić information content (AvgIpc) is 2.38. The van der Waals surface area contributed by atoms with E-state index < -0.39 is 18.5 Å². The van der Waals surface area contributed by atoms with Crippen LogP contribution in [0.15, 0.2) is 18.2 Å². The Morgan fingerprint density at radius 3 is 1.94 bits per heavy atom. The van der Waals surface area contributed by atoms with Gasteiger partial charge in [-0.15, -0.1) is 0 Å². The maximum absolute atomic E-state index is 10.6. The lowest BCUT2D eigenvalue weighted by Crippen LogP contribution is -1.98. The predicted molar refractivity (Wildman–Crippen MR) is 61.2 cm³/mol. The highest BCUT2D eigenvalue weighted by molar-refractivity contribution is 5.88. The molecule has 0 radical (unpaired) electrons. The van der Waals surface area contributed by atoms with Crippen LogP contribution in [0, 0.1) is 0 Å². The molecule has 0 aliphatic carbocycles. The van der Waals surface area contributed by atoms with Crippen molar-refractivity contribution in [3.8, 4) is 11.5 Å². The van der Waals surface area contributed by atoms with Crippen LogP contribution in [0.2, 0.25) is 0 Å². The molecule has 0 unspecified atom stereocenters. The number of hydrogen-bond acceptors (Lipinski definition) is 5. The van der Waals surface area contributed by atoms with Crippen LogP contribution in [0.1, 0.15) is 10.4 Å². The summed E-state index contributed by atoms with van der Waals surface area (Å²) >= 11 is 0. The molecule has 1 rings (SSSR count). The Hall–Kier alpha value is -2.28. The van der Waals surface area contributed by atoms with Crippen LogP contribution in [-0.2, 0) is 4.79 Å². The highest BCUT2D eigenvalue weighted by Gasteiger charge is 2.08. The Kier molecular flexibility index (Phi) is 6.91. The second kappa shape index (κ2) is 7.91. The Bertz CT molecular complexity index is 414. The quantitative estimate of drug-likeness (QED) is 0.719. The number of aromatic carboxylic acids is 1. The SMILES string of the molecule is COc1ccc(C(=O)O)cc1OC.O=C(O)CO. The number of aliphatic carboxylic acids is 1. The Morgan fingerprint density at radius 1 is 1.11 bits per heavy atom. The summed E-state index contributed by atoms with van der Waals surface area (Å²) in [6, 6.07) is 4.44. The Morgan fingerprint density at radius 2 is 1.61 bits per heavy atom. The second-order valence-electron chi connectivity index (χ2n) is 2.93. The van der Waals surface area contributed by atoms with E-state index in [-0.39, 0.29) is 5.56 Å². The molecule has 0 heterocycles. The van der Waals surface area contributed by atoms with E-state index in [1.165, 1.54) is 26.4 Å². The molecule has 0 aliphatic rings. The van der Waals surface area contributed by atoms with E-state index in [1.807, 2.05) is 0 Å². The zero-order valence-electron chi connectivity index (χ0n) is 9.91. The minimum absolute atomic E-state index is 0.178. The number of aliphatic hydroxyl groups is 1. The Labute approximate surface area is 103 Å². The molecule has 0 atom stereocenters. The first-order valence-corrected chi connectivity index (χ1v) is 4.74. The molecule has 0 aliphatic heterocycles. The van der Waals surface area contributed by atoms with Crippen LogP contribution < -0.4 is 9.47 Å². The molecule has 7 heteroatoms. The fourth-order valence-electron chi connectivity index (χ4n) is 0.969. The van der Waals surface area contributed by atoms with Crippen LogP contribution in [-0.4, -0.2) is 48.1 Å². The first-order chi connectivity index (χ1) is 8.46. The van der Waals surface area contributed by atoms with Gasteiger partial charge in [0.25, 0.3) is 0 Å². The molecular formula is C11H14O7. The van der Waals surface area contributed by atoms with Gasteiger partial charge in [-0.05, 0) is 18.2 Å². The number of rotatable bonds is 4. The molecule has 0 fully saturated rings. The van der Waals surface area contributed by atoms with E-state index in [0.717, 1.165) is 0 Å². The van der Waals surface area contributed by atoms with Crippen molar-refractivity contribution in [3.05, 3.63) is 23.8 Å². The van der Waals surface area contributed by atoms with Gasteiger partial charge < -0.3 is 24.8 Å². The summed E-state index contributed by atoms with van der Waals surface area (Å²) in [6.45, 7) is -0.778. The smallest absolute Gasteiger partial charge is 0.335 e. The monoisotopic (exact) mass is 258 g/mol. The number of methoxy groups -OCH3 is 2. The van der Waals surface area contributed by atoms with Crippen LogP contribution >= 0.6 is 0 Å². The predicted octanol–water partition coefficient (Wildman–Crippen LogP) is 0.465. The summed E-state index contributed by atoms with van der Waals surface area (Å²) in [5.74, 6) is -1.24. The fourth-order valence-corrected chi connectivity index (χ4v) is 0.969. The molecule has 0 saturated heterocycles. The van der Waals surface area contributed by atoms with E-state index >= 15 is 0 Å². The summed E-state index contributed by atoms with van der Waals surface area (Å²) in [6.07, 6.45) is 0. The third-order valence-electron chi connectivity index (χ3n) is 1.77. The molecule has 0 amide bonds. The zero-order valence-corrected chi connectivity index (χ0v) is 9.91. The minimum atomic E-state index is -1.19. The van der Waals surface area contributed by atoms with E-state index in [9.17, 15) is 4.79 Å². The van der Waals surface area contributed by atoms with Gasteiger partial charge in [-0.3, -0.25) is 0 Å². The van der Waals surface area contributed by atoms with Crippen molar-refractivity contribution in [1.29, 1.82) is 0 Å². The van der Waals surface area contributed by atoms with Crippen LogP contribution in [0.5, 0.6) is 11.5 Å². The van der Waals surface area contributed by atoms with Gasteiger partial charge in [0.2, 0.25) is 0 Å². The topological polar surface area (TPSA) is 113 Å². The van der Waals surface area contributed by atoms with Gasteiger partial charge in [0.1, 0.15) is 6.61 Å². The number of benzene rings is 1. The number of aliphatic hydroxyl groups excluding tert-OH is 1. The zero-order chi connectivity index (χ0) is 14.1. The molecule has 3 N–H and O–H groups in total. The van der Waals surface area contributed by atoms with E-state index in [1.54, 1.807) is 6.07 Å². The first kappa shape index (κ1) is 15.7. The lowest BCUT2D eigenvalue weighted by Gasteiger charge is -2.07. The largest absolute Gasteiger partial charge is 0.493 e. The minimum Gasteiger partial charge on any atom is -0.493 e. The summed E-state index contributed by atoms with van der Waals surface area (Å²) in [5, 5.41) is 23.7. The Balaban J connectivity index is 0.000000494. The maximum atomic E-state index is 10.6. The van der Waals surface area contributed by atoms with Gasteiger partial charge in [-0.1, -0.05) is 0 Å². The second-order valence-corrected chi connectivity index (χ2v) is 2.93. The van der Waals surface area contributed by atoms with Gasteiger partial charge in [0.15, 0.2) is 11.5 Å². The van der Waals surface area contributed by atoms with E-state index in [0.29, 0.717) is 11.5 Å². The lowest BCUT2D eigenvalue weighted by atomic mass is 10.2. The van der Waals surface area contributed by atoms with Crippen LogP contribution in [0.3, 0.4) is 0 Å². The van der Waals surface area contributed by atoms with Gasteiger partial charge in [0.05, 0.1) is 19.8 Å². The molecule has 0 aromatic heterocycles. The maximum Gasteiger partial charge on any atom is 0.335 e. The van der Waals surface area contributed by atoms with Crippen molar-refractivity contribution < 1.29 is 34.4 Å². The van der Waals surface area contributed by atoms with Crippen LogP contribution in [0.4, 0.5) is 0 Å². The number of carboxylic acids is 2. The summed E-state index contributed by atoms with van der Waals surface area (Å²) in [5.41, 5.74) is 0.178. The van der Waals surface area contributed by atoms with E-state index in [2.05, 4.69) is 0 Å². The summed E-state index contributed by atoms with van der Waals surface area (Å²) in [4.78, 5) is 19.7. The van der Waals surface area contributed by atoms with Crippen molar-refractivity contribution in [1.82, 2.24) is 0 Å². The fraction of sp³-hybridized carbons (Fsp3) is 0.273. The molecule has 0 spiro atoms. The van der Waals surface area contributed by atoms with Crippen molar-refractivity contribution in [3.63, 3.8) is 0 Å². The highest BCUT2D eigenvalue weighted by Crippen LogP contribution is 2.27. The summed E-state index contributed by atoms with van der Waals surface area (Å²) < 4.78 is 9.89. The molecule has 0 bridgehead atoms. The molecule has 7 nitrogen and oxygen atoms in total. The third-order valence-corrected chi connectivity index (χ3v) is 1.77. The van der Waals surface area contributed by atoms with Crippen molar-refractivity contribution in [2.75, 3.05) is 20.8 Å². The van der Waals surface area contributed by atoms with Gasteiger partial charge >= 0.3 is 11.9 Å². The lowest BCUT2D eigenvalue weighted by molar-refractivity contribution is -0.140. The molecule has 100 valence electrons. The number of hydrogen-bond donors (Lipinski definition) is 3. The van der Waals surface area contributed by atoms with Gasteiger partial charge in [0, 0.05) is 0 Å². The molecule has 1 aromatic rings. The normalized spacial score (nSPS) is 8.83. The average molecular weight is 258 g/mol. The van der Waals surface area contributed by atoms with Crippen molar-refractivity contribution >= 4 is 11.9 Å². The first-order valence-electron chi connectivity index (χ1n) is 4.74. The van der Waals surface area contributed by atoms with Crippen LogP contribution in [0.25, 0.3) is 0 Å². The van der Waals surface area contributed by atoms with Crippen molar-refractivity contribution in [2.24, 2.45) is 0 Å². The molecular weight excluding hydrogens is 244 g/mol. The number of ether oxygens (including phenoxy) is 2. The standard InChI is InChI=1S/C9H10O4.C2H4O3/c1-12-7-4-3-6(9(10)11)5-8(7)13-2;3-1-2(4)5/h3-5H,1-2H3,(H,10,11);3H,1H2,(H,4,5). The van der Waals surface area contributed by atoms with Gasteiger partial charge in [-0.2, -0.15) is 0 Å². The highest BCUT2D eigenvalue weighted by atomic mass is 16.5. The third kappa shape index (κ3) is 5.17. The van der Waals surface area contributed by atoms with Crippen molar-refractivity contribution in [2.45, 2.75) is 0 Å². The molecule has 1 aromatic carbocycles. The van der Waals surface area contributed by atoms with Gasteiger partial charge in [-0.25, -0.2) is 9.59 Å². The molecule has 18 heavy (non-hydrogen) atoms. The van der Waals surface area contributed by atoms with E-state index in [4.69, 9.17) is 29.6 Å². The number of carboxylic acid groups (broad SMARTS) is 2.